The second kappa shape index (κ2) is 2.34. The normalized spacial score (nSPS) is 22.6. The Hall–Kier alpha value is -0.830. The highest BCUT2D eigenvalue weighted by atomic mass is 16.6. The summed E-state index contributed by atoms with van der Waals surface area (Å²) in [5.41, 5.74) is 1.21. The number of imidazole rings is 1. The molecule has 3 heteroatoms. The summed E-state index contributed by atoms with van der Waals surface area (Å²) in [6.07, 6.45) is 4.07. The molecule has 0 bridgehead atoms. The second-order valence-corrected chi connectivity index (χ2v) is 3.14. The van der Waals surface area contributed by atoms with E-state index in [0.29, 0.717) is 12.1 Å². The summed E-state index contributed by atoms with van der Waals surface area (Å²) < 4.78 is 7.33. The number of ether oxygens (including phenoxy) is 1. The van der Waals surface area contributed by atoms with Crippen LogP contribution in [0.1, 0.15) is 31.7 Å². The minimum atomic E-state index is 0.319. The molecule has 2 rings (SSSR count). The molecular weight excluding hydrogens is 140 g/mol. The number of nitrogens with zero attached hydrogens (tertiary/aromatic N) is 2. The molecule has 1 fully saturated rings. The zero-order valence-corrected chi connectivity index (χ0v) is 6.82. The van der Waals surface area contributed by atoms with E-state index < -0.39 is 0 Å². The summed E-state index contributed by atoms with van der Waals surface area (Å²) in [7, 11) is 0. The zero-order chi connectivity index (χ0) is 7.84. The minimum absolute atomic E-state index is 0.319. The highest BCUT2D eigenvalue weighted by Gasteiger charge is 2.28. The van der Waals surface area contributed by atoms with E-state index in [1.165, 1.54) is 5.69 Å². The van der Waals surface area contributed by atoms with Crippen LogP contribution in [-0.4, -0.2) is 16.2 Å². The fourth-order valence-corrected chi connectivity index (χ4v) is 1.21. The van der Waals surface area contributed by atoms with Gasteiger partial charge < -0.3 is 9.30 Å². The van der Waals surface area contributed by atoms with Crippen molar-refractivity contribution in [2.45, 2.75) is 26.0 Å². The van der Waals surface area contributed by atoms with Gasteiger partial charge in [-0.1, -0.05) is 0 Å². The Bertz CT molecular complexity index is 234. The number of hydrogen-bond acceptors (Lipinski definition) is 2. The molecule has 1 aliphatic rings. The highest BCUT2D eigenvalue weighted by molar-refractivity contribution is 5.08. The summed E-state index contributed by atoms with van der Waals surface area (Å²) in [6.45, 7) is 5.15. The molecular formula is C8H12N2O. The molecule has 60 valence electrons. The first kappa shape index (κ1) is 6.85. The summed E-state index contributed by atoms with van der Waals surface area (Å²) in [4.78, 5) is 4.09. The van der Waals surface area contributed by atoms with Gasteiger partial charge in [0.25, 0.3) is 0 Å². The number of rotatable bonds is 2. The Morgan fingerprint density at radius 1 is 1.73 bits per heavy atom. The van der Waals surface area contributed by atoms with Gasteiger partial charge in [-0.3, -0.25) is 0 Å². The number of aromatic nitrogens is 2. The first-order valence-corrected chi connectivity index (χ1v) is 3.92. The van der Waals surface area contributed by atoms with E-state index in [1.807, 2.05) is 12.5 Å². The van der Waals surface area contributed by atoms with Gasteiger partial charge in [0.1, 0.15) is 6.10 Å². The molecule has 0 saturated carbocycles. The summed E-state index contributed by atoms with van der Waals surface area (Å²) in [5.74, 6) is 0. The van der Waals surface area contributed by atoms with E-state index in [2.05, 4.69) is 23.4 Å². The van der Waals surface area contributed by atoms with Crippen LogP contribution in [0.4, 0.5) is 0 Å². The zero-order valence-electron chi connectivity index (χ0n) is 6.82. The lowest BCUT2D eigenvalue weighted by molar-refractivity contribution is 0.399. The van der Waals surface area contributed by atoms with Crippen molar-refractivity contribution >= 4 is 0 Å². The first-order chi connectivity index (χ1) is 5.29. The van der Waals surface area contributed by atoms with Crippen molar-refractivity contribution in [1.29, 1.82) is 0 Å². The standard InChI is InChI=1S/C8H12N2O/c1-6(2)10-5-9-3-7(10)8-4-11-8/h3,5-6,8H,4H2,1-2H3. The van der Waals surface area contributed by atoms with Gasteiger partial charge in [-0.05, 0) is 13.8 Å². The maximum atomic E-state index is 5.18. The van der Waals surface area contributed by atoms with E-state index in [-0.39, 0.29) is 0 Å². The molecule has 1 unspecified atom stereocenters. The second-order valence-electron chi connectivity index (χ2n) is 3.14. The van der Waals surface area contributed by atoms with Gasteiger partial charge in [-0.2, -0.15) is 0 Å². The van der Waals surface area contributed by atoms with Crippen LogP contribution in [0.5, 0.6) is 0 Å². The van der Waals surface area contributed by atoms with Crippen LogP contribution < -0.4 is 0 Å². The van der Waals surface area contributed by atoms with Crippen LogP contribution in [0.15, 0.2) is 12.5 Å². The molecule has 11 heavy (non-hydrogen) atoms. The van der Waals surface area contributed by atoms with Crippen LogP contribution >= 0.6 is 0 Å². The van der Waals surface area contributed by atoms with Crippen molar-refractivity contribution in [3.8, 4) is 0 Å². The van der Waals surface area contributed by atoms with Crippen molar-refractivity contribution < 1.29 is 4.74 Å². The third-order valence-corrected chi connectivity index (χ3v) is 1.92. The molecule has 1 aromatic heterocycles. The van der Waals surface area contributed by atoms with Crippen molar-refractivity contribution in [1.82, 2.24) is 9.55 Å². The van der Waals surface area contributed by atoms with Crippen LogP contribution in [0.25, 0.3) is 0 Å². The molecule has 0 aromatic carbocycles. The smallest absolute Gasteiger partial charge is 0.122 e. The Balaban J connectivity index is 2.30. The van der Waals surface area contributed by atoms with Crippen LogP contribution in [0.2, 0.25) is 0 Å². The third kappa shape index (κ3) is 1.16. The van der Waals surface area contributed by atoms with Gasteiger partial charge >= 0.3 is 0 Å². The average Bonchev–Trinajstić information content (AvgIpc) is 2.68. The molecule has 2 heterocycles. The predicted molar refractivity (Wildman–Crippen MR) is 41.3 cm³/mol. The Kier molecular flexibility index (Phi) is 1.46. The van der Waals surface area contributed by atoms with Crippen LogP contribution in [-0.2, 0) is 4.74 Å². The van der Waals surface area contributed by atoms with Gasteiger partial charge in [0, 0.05) is 6.04 Å². The summed E-state index contributed by atoms with van der Waals surface area (Å²) in [6, 6.07) is 0.483. The van der Waals surface area contributed by atoms with E-state index in [4.69, 9.17) is 4.74 Å². The molecule has 0 spiro atoms. The largest absolute Gasteiger partial charge is 0.366 e. The lowest BCUT2D eigenvalue weighted by atomic mass is 10.3. The molecule has 1 saturated heterocycles. The molecule has 0 aliphatic carbocycles. The van der Waals surface area contributed by atoms with E-state index in [1.54, 1.807) is 0 Å². The van der Waals surface area contributed by atoms with Crippen LogP contribution in [0, 0.1) is 0 Å². The highest BCUT2D eigenvalue weighted by Crippen LogP contribution is 2.30. The Labute approximate surface area is 66.0 Å². The van der Waals surface area contributed by atoms with Gasteiger partial charge in [0.2, 0.25) is 0 Å². The summed E-state index contributed by atoms with van der Waals surface area (Å²) in [5, 5.41) is 0. The number of epoxide rings is 1. The predicted octanol–water partition coefficient (Wildman–Crippen LogP) is 1.54. The molecule has 0 amide bonds. The molecule has 3 nitrogen and oxygen atoms in total. The van der Waals surface area contributed by atoms with Crippen LogP contribution in [0.3, 0.4) is 0 Å². The van der Waals surface area contributed by atoms with Gasteiger partial charge in [-0.25, -0.2) is 4.98 Å². The first-order valence-electron chi connectivity index (χ1n) is 3.92. The lowest BCUT2D eigenvalue weighted by Crippen LogP contribution is -2.02. The molecule has 1 aromatic rings. The molecule has 1 atom stereocenters. The maximum Gasteiger partial charge on any atom is 0.122 e. The SMILES string of the molecule is CC(C)n1cncc1C1CO1. The van der Waals surface area contributed by atoms with Crippen molar-refractivity contribution in [2.24, 2.45) is 0 Å². The average molecular weight is 152 g/mol. The monoisotopic (exact) mass is 152 g/mol. The van der Waals surface area contributed by atoms with Gasteiger partial charge in [0.05, 0.1) is 24.8 Å². The Morgan fingerprint density at radius 2 is 2.45 bits per heavy atom. The lowest BCUT2D eigenvalue weighted by Gasteiger charge is -2.08. The van der Waals surface area contributed by atoms with Crippen molar-refractivity contribution in [3.05, 3.63) is 18.2 Å². The molecule has 0 N–H and O–H groups in total. The number of hydrogen-bond donors (Lipinski definition) is 0. The third-order valence-electron chi connectivity index (χ3n) is 1.92. The van der Waals surface area contributed by atoms with Crippen molar-refractivity contribution in [3.63, 3.8) is 0 Å². The fourth-order valence-electron chi connectivity index (χ4n) is 1.21. The molecule has 1 aliphatic heterocycles. The van der Waals surface area contributed by atoms with Gasteiger partial charge in [-0.15, -0.1) is 0 Å². The minimum Gasteiger partial charge on any atom is -0.366 e. The quantitative estimate of drug-likeness (QED) is 0.602. The van der Waals surface area contributed by atoms with Crippen molar-refractivity contribution in [2.75, 3.05) is 6.61 Å². The fraction of sp³-hybridized carbons (Fsp3) is 0.625. The van der Waals surface area contributed by atoms with E-state index in [9.17, 15) is 0 Å². The van der Waals surface area contributed by atoms with E-state index >= 15 is 0 Å². The van der Waals surface area contributed by atoms with Gasteiger partial charge in [0.15, 0.2) is 0 Å². The topological polar surface area (TPSA) is 30.4 Å². The Morgan fingerprint density at radius 3 is 3.00 bits per heavy atom. The van der Waals surface area contributed by atoms with E-state index in [0.717, 1.165) is 6.61 Å². The maximum absolute atomic E-state index is 5.18. The summed E-state index contributed by atoms with van der Waals surface area (Å²) >= 11 is 0. The molecule has 0 radical (unpaired) electrons.